The summed E-state index contributed by atoms with van der Waals surface area (Å²) in [6.07, 6.45) is -2.13. The van der Waals surface area contributed by atoms with Crippen LogP contribution >= 0.6 is 15.9 Å². The molecule has 0 aliphatic carbocycles. The van der Waals surface area contributed by atoms with Gasteiger partial charge in [0.2, 0.25) is 5.03 Å². The number of hydrogen-bond donors (Lipinski definition) is 2. The lowest BCUT2D eigenvalue weighted by molar-refractivity contribution is 0.0572. The minimum atomic E-state index is -3.82. The van der Waals surface area contributed by atoms with Gasteiger partial charge in [-0.2, -0.15) is 4.31 Å². The number of aliphatic hydroxyl groups excluding tert-OH is 2. The van der Waals surface area contributed by atoms with Gasteiger partial charge in [-0.15, -0.1) is 5.10 Å². The predicted molar refractivity (Wildman–Crippen MR) is 59.5 cm³/mol. The molecule has 17 heavy (non-hydrogen) atoms. The van der Waals surface area contributed by atoms with Gasteiger partial charge in [0.15, 0.2) is 4.60 Å². The minimum absolute atomic E-state index is 0.0983. The van der Waals surface area contributed by atoms with Crippen LogP contribution in [0.25, 0.3) is 0 Å². The van der Waals surface area contributed by atoms with Crippen LogP contribution in [0, 0.1) is 0 Å². The third kappa shape index (κ3) is 2.10. The summed E-state index contributed by atoms with van der Waals surface area (Å²) in [5.74, 6) is 0. The van der Waals surface area contributed by atoms with Crippen LogP contribution in [-0.2, 0) is 17.1 Å². The van der Waals surface area contributed by atoms with Crippen molar-refractivity contribution in [3.05, 3.63) is 4.60 Å². The summed E-state index contributed by atoms with van der Waals surface area (Å²) in [4.78, 5) is 0. The molecule has 2 atom stereocenters. The summed E-state index contributed by atoms with van der Waals surface area (Å²) in [7, 11) is -2.37. The van der Waals surface area contributed by atoms with E-state index in [0.717, 1.165) is 8.99 Å². The quantitative estimate of drug-likeness (QED) is 0.671. The number of sulfonamides is 1. The van der Waals surface area contributed by atoms with E-state index >= 15 is 0 Å². The van der Waals surface area contributed by atoms with Crippen molar-refractivity contribution in [1.82, 2.24) is 19.3 Å². The van der Waals surface area contributed by atoms with E-state index in [-0.39, 0.29) is 22.7 Å². The predicted octanol–water partition coefficient (Wildman–Crippen LogP) is -1.70. The molecule has 2 N–H and O–H groups in total. The maximum Gasteiger partial charge on any atom is 0.263 e. The molecule has 1 aliphatic heterocycles. The number of aromatic nitrogens is 3. The van der Waals surface area contributed by atoms with Crippen molar-refractivity contribution < 1.29 is 18.6 Å². The molecule has 1 aromatic rings. The van der Waals surface area contributed by atoms with E-state index in [1.807, 2.05) is 0 Å². The average Bonchev–Trinajstić information content (AvgIpc) is 2.72. The first kappa shape index (κ1) is 12.9. The van der Waals surface area contributed by atoms with Gasteiger partial charge in [0.1, 0.15) is 0 Å². The fourth-order valence-corrected chi connectivity index (χ4v) is 4.16. The maximum atomic E-state index is 12.2. The summed E-state index contributed by atoms with van der Waals surface area (Å²) in [5, 5.41) is 25.8. The smallest absolute Gasteiger partial charge is 0.263 e. The normalized spacial score (nSPS) is 26.6. The lowest BCUT2D eigenvalue weighted by atomic mass is 10.3. The highest BCUT2D eigenvalue weighted by Gasteiger charge is 2.40. The number of halogens is 1. The Morgan fingerprint density at radius 1 is 1.35 bits per heavy atom. The van der Waals surface area contributed by atoms with Crippen LogP contribution < -0.4 is 0 Å². The van der Waals surface area contributed by atoms with Crippen molar-refractivity contribution in [2.24, 2.45) is 7.05 Å². The topological polar surface area (TPSA) is 109 Å². The molecule has 0 radical (unpaired) electrons. The molecule has 1 aromatic heterocycles. The van der Waals surface area contributed by atoms with Gasteiger partial charge in [0.25, 0.3) is 10.0 Å². The Hall–Kier alpha value is -0.550. The van der Waals surface area contributed by atoms with Crippen molar-refractivity contribution in [3.63, 3.8) is 0 Å². The minimum Gasteiger partial charge on any atom is -0.389 e. The third-order valence-corrected chi connectivity index (χ3v) is 5.27. The number of nitrogens with zero attached hydrogens (tertiary/aromatic N) is 4. The molecule has 0 bridgehead atoms. The molecule has 1 aliphatic rings. The van der Waals surface area contributed by atoms with Crippen molar-refractivity contribution in [2.45, 2.75) is 17.2 Å². The van der Waals surface area contributed by atoms with E-state index in [0.29, 0.717) is 0 Å². The number of aliphatic hydroxyl groups is 2. The maximum absolute atomic E-state index is 12.2. The molecule has 0 aromatic carbocycles. The Balaban J connectivity index is 2.39. The van der Waals surface area contributed by atoms with Gasteiger partial charge in [0, 0.05) is 20.1 Å². The number of hydrogen-bond acceptors (Lipinski definition) is 6. The zero-order valence-electron chi connectivity index (χ0n) is 8.85. The van der Waals surface area contributed by atoms with E-state index in [2.05, 4.69) is 26.2 Å². The van der Waals surface area contributed by atoms with Crippen LogP contribution in [0.2, 0.25) is 0 Å². The molecular weight excluding hydrogens is 316 g/mol. The standard InChI is InChI=1S/C7H11BrN4O4S/c1-11-7(6(8)9-10-11)17(15,16)12-2-4(13)5(14)3-12/h4-5,13-14H,2-3H2,1H3/t4-,5+. The molecule has 1 saturated heterocycles. The van der Waals surface area contributed by atoms with E-state index < -0.39 is 22.2 Å². The summed E-state index contributed by atoms with van der Waals surface area (Å²) in [6.45, 7) is -0.276. The first-order valence-electron chi connectivity index (χ1n) is 4.75. The van der Waals surface area contributed by atoms with E-state index in [1.54, 1.807) is 0 Å². The van der Waals surface area contributed by atoms with Crippen LogP contribution in [0.3, 0.4) is 0 Å². The summed E-state index contributed by atoms with van der Waals surface area (Å²) in [6, 6.07) is 0. The Bertz CT molecular complexity index is 500. The fourth-order valence-electron chi connectivity index (χ4n) is 1.65. The second kappa shape index (κ2) is 4.28. The van der Waals surface area contributed by atoms with Crippen LogP contribution in [0.15, 0.2) is 9.63 Å². The number of β-amino-alcohol motifs (C(OH)–C–C–N with tert-alkyl or cyclic N) is 2. The third-order valence-electron chi connectivity index (χ3n) is 2.55. The number of rotatable bonds is 2. The molecule has 2 rings (SSSR count). The van der Waals surface area contributed by atoms with E-state index in [9.17, 15) is 18.6 Å². The lowest BCUT2D eigenvalue weighted by Gasteiger charge is -2.14. The second-order valence-corrected chi connectivity index (χ2v) is 6.37. The van der Waals surface area contributed by atoms with Gasteiger partial charge in [-0.25, -0.2) is 13.1 Å². The largest absolute Gasteiger partial charge is 0.389 e. The van der Waals surface area contributed by atoms with Gasteiger partial charge in [0.05, 0.1) is 12.2 Å². The fraction of sp³-hybridized carbons (Fsp3) is 0.714. The Kier molecular flexibility index (Phi) is 3.25. The SMILES string of the molecule is Cn1nnc(Br)c1S(=O)(=O)N1C[C@@H](O)[C@@H](O)C1. The Labute approximate surface area is 106 Å². The van der Waals surface area contributed by atoms with Crippen LogP contribution in [0.1, 0.15) is 0 Å². The van der Waals surface area contributed by atoms with Crippen molar-refractivity contribution in [2.75, 3.05) is 13.1 Å². The van der Waals surface area contributed by atoms with Crippen LogP contribution in [0.5, 0.6) is 0 Å². The number of aryl methyl sites for hydroxylation is 1. The molecule has 0 spiro atoms. The zero-order valence-corrected chi connectivity index (χ0v) is 11.3. The average molecular weight is 327 g/mol. The van der Waals surface area contributed by atoms with Gasteiger partial charge in [-0.3, -0.25) is 0 Å². The van der Waals surface area contributed by atoms with Crippen LogP contribution in [-0.4, -0.2) is 63.2 Å². The van der Waals surface area contributed by atoms with E-state index in [4.69, 9.17) is 0 Å². The molecule has 0 amide bonds. The lowest BCUT2D eigenvalue weighted by Crippen LogP contribution is -2.31. The first-order valence-corrected chi connectivity index (χ1v) is 6.99. The summed E-state index contributed by atoms with van der Waals surface area (Å²) < 4.78 is 26.6. The molecule has 10 heteroatoms. The molecular formula is C7H11BrN4O4S. The molecule has 96 valence electrons. The molecule has 2 heterocycles. The van der Waals surface area contributed by atoms with Gasteiger partial charge in [-0.05, 0) is 15.9 Å². The first-order chi connectivity index (χ1) is 7.84. The monoisotopic (exact) mass is 326 g/mol. The molecule has 8 nitrogen and oxygen atoms in total. The van der Waals surface area contributed by atoms with Crippen molar-refractivity contribution in [3.8, 4) is 0 Å². The zero-order chi connectivity index (χ0) is 12.8. The molecule has 0 unspecified atom stereocenters. The van der Waals surface area contributed by atoms with Crippen molar-refractivity contribution >= 4 is 26.0 Å². The molecule has 1 fully saturated rings. The van der Waals surface area contributed by atoms with Gasteiger partial charge in [-0.1, -0.05) is 5.21 Å². The second-order valence-electron chi connectivity index (χ2n) is 3.77. The van der Waals surface area contributed by atoms with Crippen LogP contribution in [0.4, 0.5) is 0 Å². The Morgan fingerprint density at radius 2 is 1.88 bits per heavy atom. The Morgan fingerprint density at radius 3 is 2.29 bits per heavy atom. The highest BCUT2D eigenvalue weighted by molar-refractivity contribution is 9.10. The summed E-state index contributed by atoms with van der Waals surface area (Å²) >= 11 is 3.00. The highest BCUT2D eigenvalue weighted by atomic mass is 79.9. The summed E-state index contributed by atoms with van der Waals surface area (Å²) in [5.41, 5.74) is 0. The molecule has 0 saturated carbocycles. The van der Waals surface area contributed by atoms with Gasteiger partial charge >= 0.3 is 0 Å². The van der Waals surface area contributed by atoms with Crippen molar-refractivity contribution in [1.29, 1.82) is 0 Å². The van der Waals surface area contributed by atoms with E-state index in [1.165, 1.54) is 7.05 Å². The van der Waals surface area contributed by atoms with Gasteiger partial charge < -0.3 is 10.2 Å². The highest BCUT2D eigenvalue weighted by Crippen LogP contribution is 2.25.